The monoisotopic (exact) mass is 434 g/mol. The van der Waals surface area contributed by atoms with Crippen LogP contribution in [0.2, 0.25) is 5.02 Å². The van der Waals surface area contributed by atoms with Gasteiger partial charge in [-0.15, -0.1) is 0 Å². The van der Waals surface area contributed by atoms with Gasteiger partial charge in [-0.05, 0) is 48.4 Å². The van der Waals surface area contributed by atoms with Crippen LogP contribution >= 0.6 is 27.5 Å². The Bertz CT molecular complexity index is 874. The maximum Gasteiger partial charge on any atom is 0.259 e. The van der Waals surface area contributed by atoms with Crippen molar-refractivity contribution < 1.29 is 14.3 Å². The standard InChI is InChI=1S/C19H16BrClN2O3/c1-2-25-17-9-13(7-14(10-22)19(23)24)8-16(21)18(17)26-11-12-3-5-15(20)6-4-12/h3-9H,2,11H2,1H3,(H2,23,24)/b14-7+. The molecule has 2 N–H and O–H groups in total. The van der Waals surface area contributed by atoms with Crippen molar-refractivity contribution in [1.82, 2.24) is 0 Å². The van der Waals surface area contributed by atoms with E-state index < -0.39 is 5.91 Å². The van der Waals surface area contributed by atoms with Crippen LogP contribution in [0.4, 0.5) is 0 Å². The van der Waals surface area contributed by atoms with E-state index in [1.54, 1.807) is 18.2 Å². The molecule has 134 valence electrons. The van der Waals surface area contributed by atoms with Crippen molar-refractivity contribution in [2.45, 2.75) is 13.5 Å². The summed E-state index contributed by atoms with van der Waals surface area (Å²) in [6, 6.07) is 12.7. The number of benzene rings is 2. The zero-order chi connectivity index (χ0) is 19.1. The highest BCUT2D eigenvalue weighted by molar-refractivity contribution is 9.10. The van der Waals surface area contributed by atoms with Crippen molar-refractivity contribution in [3.8, 4) is 17.6 Å². The Hall–Kier alpha value is -2.49. The first kappa shape index (κ1) is 19.8. The van der Waals surface area contributed by atoms with Gasteiger partial charge in [-0.2, -0.15) is 5.26 Å². The van der Waals surface area contributed by atoms with Crippen molar-refractivity contribution in [2.75, 3.05) is 6.61 Å². The van der Waals surface area contributed by atoms with Crippen molar-refractivity contribution >= 4 is 39.5 Å². The second-order valence-corrected chi connectivity index (χ2v) is 6.54. The Labute approximate surface area is 165 Å². The minimum atomic E-state index is -0.808. The number of nitrogens with zero attached hydrogens (tertiary/aromatic N) is 1. The van der Waals surface area contributed by atoms with E-state index in [9.17, 15) is 4.79 Å². The first-order valence-electron chi connectivity index (χ1n) is 7.69. The molecular weight excluding hydrogens is 420 g/mol. The molecule has 0 saturated carbocycles. The van der Waals surface area contributed by atoms with E-state index in [1.807, 2.05) is 31.2 Å². The molecule has 0 aliphatic carbocycles. The number of halogens is 2. The maximum absolute atomic E-state index is 11.2. The molecule has 0 heterocycles. The first-order chi connectivity index (χ1) is 12.4. The lowest BCUT2D eigenvalue weighted by molar-refractivity contribution is -0.114. The predicted molar refractivity (Wildman–Crippen MR) is 104 cm³/mol. The molecule has 26 heavy (non-hydrogen) atoms. The van der Waals surface area contributed by atoms with Gasteiger partial charge in [0.1, 0.15) is 18.2 Å². The van der Waals surface area contributed by atoms with Gasteiger partial charge in [-0.25, -0.2) is 0 Å². The number of carbonyl (C=O) groups excluding carboxylic acids is 1. The molecule has 2 aromatic rings. The number of hydrogen-bond donors (Lipinski definition) is 1. The van der Waals surface area contributed by atoms with Gasteiger partial charge >= 0.3 is 0 Å². The summed E-state index contributed by atoms with van der Waals surface area (Å²) in [5.74, 6) is 0.00781. The molecule has 2 rings (SSSR count). The molecule has 2 aromatic carbocycles. The van der Waals surface area contributed by atoms with Gasteiger partial charge in [0.25, 0.3) is 5.91 Å². The van der Waals surface area contributed by atoms with E-state index in [2.05, 4.69) is 15.9 Å². The van der Waals surface area contributed by atoms with Gasteiger partial charge in [0.2, 0.25) is 0 Å². The average Bonchev–Trinajstić information content (AvgIpc) is 2.60. The summed E-state index contributed by atoms with van der Waals surface area (Å²) in [6.45, 7) is 2.55. The van der Waals surface area contributed by atoms with Gasteiger partial charge < -0.3 is 15.2 Å². The summed E-state index contributed by atoms with van der Waals surface area (Å²) in [5.41, 5.74) is 6.47. The van der Waals surface area contributed by atoms with Gasteiger partial charge in [-0.3, -0.25) is 4.79 Å². The van der Waals surface area contributed by atoms with Crippen LogP contribution < -0.4 is 15.2 Å². The molecule has 0 bridgehead atoms. The fraction of sp³-hybridized carbons (Fsp3) is 0.158. The molecular formula is C19H16BrClN2O3. The second-order valence-electron chi connectivity index (χ2n) is 5.21. The number of primary amides is 1. The minimum Gasteiger partial charge on any atom is -0.490 e. The zero-order valence-corrected chi connectivity index (χ0v) is 16.3. The van der Waals surface area contributed by atoms with Crippen LogP contribution in [0.1, 0.15) is 18.1 Å². The number of rotatable bonds is 7. The third-order valence-corrected chi connectivity index (χ3v) is 4.13. The highest BCUT2D eigenvalue weighted by Crippen LogP contribution is 2.37. The van der Waals surface area contributed by atoms with Gasteiger partial charge in [0.05, 0.1) is 11.6 Å². The number of ether oxygens (including phenoxy) is 2. The van der Waals surface area contributed by atoms with Crippen molar-refractivity contribution in [1.29, 1.82) is 5.26 Å². The second kappa shape index (κ2) is 9.27. The summed E-state index contributed by atoms with van der Waals surface area (Å²) >= 11 is 9.71. The summed E-state index contributed by atoms with van der Waals surface area (Å²) in [6.07, 6.45) is 1.36. The molecule has 0 saturated heterocycles. The van der Waals surface area contributed by atoms with E-state index in [0.29, 0.717) is 35.3 Å². The summed E-state index contributed by atoms with van der Waals surface area (Å²) in [4.78, 5) is 11.2. The highest BCUT2D eigenvalue weighted by Gasteiger charge is 2.14. The molecule has 5 nitrogen and oxygen atoms in total. The fourth-order valence-corrected chi connectivity index (χ4v) is 2.67. The van der Waals surface area contributed by atoms with Crippen LogP contribution in [-0.2, 0) is 11.4 Å². The lowest BCUT2D eigenvalue weighted by Crippen LogP contribution is -2.12. The molecule has 0 unspecified atom stereocenters. The van der Waals surface area contributed by atoms with Crippen molar-refractivity contribution in [3.05, 3.63) is 62.6 Å². The van der Waals surface area contributed by atoms with Gasteiger partial charge in [-0.1, -0.05) is 39.7 Å². The molecule has 0 aliphatic rings. The molecule has 1 amide bonds. The molecule has 7 heteroatoms. The minimum absolute atomic E-state index is 0.174. The predicted octanol–water partition coefficient (Wildman–Crippen LogP) is 4.47. The van der Waals surface area contributed by atoms with E-state index >= 15 is 0 Å². The third kappa shape index (κ3) is 5.25. The summed E-state index contributed by atoms with van der Waals surface area (Å²) < 4.78 is 12.4. The van der Waals surface area contributed by atoms with E-state index in [1.165, 1.54) is 6.08 Å². The molecule has 0 radical (unpaired) electrons. The zero-order valence-electron chi connectivity index (χ0n) is 14.0. The van der Waals surface area contributed by atoms with Crippen LogP contribution in [0.5, 0.6) is 11.5 Å². The van der Waals surface area contributed by atoms with Crippen LogP contribution in [0, 0.1) is 11.3 Å². The summed E-state index contributed by atoms with van der Waals surface area (Å²) in [7, 11) is 0. The fourth-order valence-electron chi connectivity index (χ4n) is 2.14. The number of nitrogens with two attached hydrogens (primary N) is 1. The third-order valence-electron chi connectivity index (χ3n) is 3.33. The maximum atomic E-state index is 11.2. The number of amides is 1. The van der Waals surface area contributed by atoms with E-state index in [-0.39, 0.29) is 5.57 Å². The van der Waals surface area contributed by atoms with Crippen LogP contribution in [0.3, 0.4) is 0 Å². The largest absolute Gasteiger partial charge is 0.490 e. The molecule has 0 fully saturated rings. The SMILES string of the molecule is CCOc1cc(/C=C(\C#N)C(N)=O)cc(Cl)c1OCc1ccc(Br)cc1. The summed E-state index contributed by atoms with van der Waals surface area (Å²) in [5, 5.41) is 9.28. The smallest absolute Gasteiger partial charge is 0.259 e. The Balaban J connectivity index is 2.32. The molecule has 0 aromatic heterocycles. The lowest BCUT2D eigenvalue weighted by atomic mass is 10.1. The van der Waals surface area contributed by atoms with E-state index in [0.717, 1.165) is 10.0 Å². The highest BCUT2D eigenvalue weighted by atomic mass is 79.9. The number of carbonyl (C=O) groups is 1. The lowest BCUT2D eigenvalue weighted by Gasteiger charge is -2.14. The molecule has 0 atom stereocenters. The Kier molecular flexibility index (Phi) is 7.07. The van der Waals surface area contributed by atoms with E-state index in [4.69, 9.17) is 32.1 Å². The van der Waals surface area contributed by atoms with Crippen LogP contribution in [0.15, 0.2) is 46.4 Å². The van der Waals surface area contributed by atoms with Crippen LogP contribution in [-0.4, -0.2) is 12.5 Å². The van der Waals surface area contributed by atoms with Gasteiger partial charge in [0, 0.05) is 4.47 Å². The average molecular weight is 436 g/mol. The topological polar surface area (TPSA) is 85.3 Å². The molecule has 0 aliphatic heterocycles. The van der Waals surface area contributed by atoms with Crippen molar-refractivity contribution in [2.24, 2.45) is 5.73 Å². The normalized spacial score (nSPS) is 10.9. The van der Waals surface area contributed by atoms with Gasteiger partial charge in [0.15, 0.2) is 11.5 Å². The number of nitriles is 1. The van der Waals surface area contributed by atoms with Crippen molar-refractivity contribution in [3.63, 3.8) is 0 Å². The Morgan fingerprint density at radius 3 is 2.58 bits per heavy atom. The Morgan fingerprint density at radius 2 is 2.00 bits per heavy atom. The first-order valence-corrected chi connectivity index (χ1v) is 8.87. The quantitative estimate of drug-likeness (QED) is 0.513. The Morgan fingerprint density at radius 1 is 1.31 bits per heavy atom. The van der Waals surface area contributed by atoms with Crippen LogP contribution in [0.25, 0.3) is 6.08 Å². The number of hydrogen-bond acceptors (Lipinski definition) is 4. The molecule has 0 spiro atoms.